The number of hydrogen-bond donors (Lipinski definition) is 2. The second-order valence-electron chi connectivity index (χ2n) is 7.44. The molecule has 4 rings (SSSR count). The zero-order chi connectivity index (χ0) is 25.8. The van der Waals surface area contributed by atoms with E-state index in [1.807, 2.05) is 0 Å². The highest BCUT2D eigenvalue weighted by atomic mass is 79.9. The summed E-state index contributed by atoms with van der Waals surface area (Å²) in [7, 11) is 1.40. The topological polar surface area (TPSA) is 97.0 Å². The van der Waals surface area contributed by atoms with Crippen molar-refractivity contribution < 1.29 is 23.9 Å². The van der Waals surface area contributed by atoms with Crippen LogP contribution in [-0.4, -0.2) is 31.4 Å². The number of hydrazine groups is 1. The van der Waals surface area contributed by atoms with Crippen LogP contribution in [0.25, 0.3) is 6.08 Å². The van der Waals surface area contributed by atoms with Crippen LogP contribution in [0.1, 0.15) is 5.56 Å². The van der Waals surface area contributed by atoms with Gasteiger partial charge in [-0.3, -0.25) is 19.8 Å². The quantitative estimate of drug-likeness (QED) is 0.290. The number of para-hydroxylation sites is 1. The van der Waals surface area contributed by atoms with Gasteiger partial charge < -0.3 is 14.8 Å². The fourth-order valence-corrected chi connectivity index (χ4v) is 4.13. The molecule has 2 N–H and O–H groups in total. The number of rotatable bonds is 7. The average Bonchev–Trinajstić information content (AvgIpc) is 3.16. The minimum atomic E-state index is -0.565. The smallest absolute Gasteiger partial charge is 0.282 e. The Hall–Kier alpha value is -3.53. The lowest BCUT2D eigenvalue weighted by Gasteiger charge is -2.15. The van der Waals surface area contributed by atoms with Crippen molar-refractivity contribution in [3.05, 3.63) is 86.3 Å². The molecule has 36 heavy (non-hydrogen) atoms. The van der Waals surface area contributed by atoms with E-state index in [0.29, 0.717) is 26.4 Å². The lowest BCUT2D eigenvalue weighted by atomic mass is 10.1. The number of carbonyl (C=O) groups is 3. The SMILES string of the molecule is COc1cc(/C=C2/C(=O)NN(c3ccccc3)C2=O)c(Br)c(Cl)c1OCC(=O)Nc1ccc(Cl)cc1. The Balaban J connectivity index is 1.55. The predicted molar refractivity (Wildman–Crippen MR) is 141 cm³/mol. The first kappa shape index (κ1) is 25.6. The van der Waals surface area contributed by atoms with Crippen molar-refractivity contribution in [1.29, 1.82) is 0 Å². The molecule has 0 radical (unpaired) electrons. The Bertz CT molecular complexity index is 1360. The molecular weight excluding hydrogens is 573 g/mol. The van der Waals surface area contributed by atoms with E-state index >= 15 is 0 Å². The van der Waals surface area contributed by atoms with Gasteiger partial charge in [-0.1, -0.05) is 41.4 Å². The molecule has 0 spiro atoms. The summed E-state index contributed by atoms with van der Waals surface area (Å²) in [4.78, 5) is 37.8. The first-order valence-electron chi connectivity index (χ1n) is 10.4. The van der Waals surface area contributed by atoms with Crippen LogP contribution in [0.2, 0.25) is 10.0 Å². The van der Waals surface area contributed by atoms with Gasteiger partial charge in [-0.15, -0.1) is 0 Å². The Kier molecular flexibility index (Phi) is 7.83. The summed E-state index contributed by atoms with van der Waals surface area (Å²) in [5.74, 6) is -1.18. The van der Waals surface area contributed by atoms with Crippen molar-refractivity contribution in [3.63, 3.8) is 0 Å². The zero-order valence-corrected chi connectivity index (χ0v) is 21.8. The van der Waals surface area contributed by atoms with Crippen LogP contribution >= 0.6 is 39.1 Å². The first-order valence-corrected chi connectivity index (χ1v) is 12.0. The van der Waals surface area contributed by atoms with Gasteiger partial charge in [0.05, 0.1) is 12.8 Å². The second kappa shape index (κ2) is 11.0. The number of hydrogen-bond acceptors (Lipinski definition) is 5. The Morgan fingerprint density at radius 3 is 2.47 bits per heavy atom. The van der Waals surface area contributed by atoms with E-state index in [0.717, 1.165) is 5.01 Å². The van der Waals surface area contributed by atoms with Crippen molar-refractivity contribution in [2.45, 2.75) is 0 Å². The van der Waals surface area contributed by atoms with E-state index in [1.165, 1.54) is 13.2 Å². The summed E-state index contributed by atoms with van der Waals surface area (Å²) >= 11 is 15.7. The molecule has 1 heterocycles. The van der Waals surface area contributed by atoms with E-state index in [1.54, 1.807) is 60.7 Å². The Labute approximate surface area is 224 Å². The maximum absolute atomic E-state index is 12.9. The third-order valence-electron chi connectivity index (χ3n) is 5.06. The molecule has 1 saturated heterocycles. The predicted octanol–water partition coefficient (Wildman–Crippen LogP) is 5.24. The van der Waals surface area contributed by atoms with Crippen molar-refractivity contribution in [2.75, 3.05) is 24.0 Å². The molecule has 3 aromatic carbocycles. The largest absolute Gasteiger partial charge is 0.493 e. The number of nitrogens with zero attached hydrogens (tertiary/aromatic N) is 1. The fraction of sp³-hybridized carbons (Fsp3) is 0.0800. The molecule has 1 aliphatic rings. The van der Waals surface area contributed by atoms with Gasteiger partial charge in [0, 0.05) is 15.2 Å². The van der Waals surface area contributed by atoms with Crippen LogP contribution in [0.15, 0.2) is 70.7 Å². The average molecular weight is 591 g/mol. The Morgan fingerprint density at radius 2 is 1.81 bits per heavy atom. The first-order chi connectivity index (χ1) is 17.3. The summed E-state index contributed by atoms with van der Waals surface area (Å²) < 4.78 is 11.4. The molecule has 1 fully saturated rings. The van der Waals surface area contributed by atoms with Crippen LogP contribution in [0.3, 0.4) is 0 Å². The van der Waals surface area contributed by atoms with Gasteiger partial charge in [-0.05, 0) is 70.0 Å². The van der Waals surface area contributed by atoms with Gasteiger partial charge >= 0.3 is 0 Å². The molecule has 0 atom stereocenters. The van der Waals surface area contributed by atoms with Gasteiger partial charge in [0.25, 0.3) is 17.7 Å². The van der Waals surface area contributed by atoms with Crippen LogP contribution in [-0.2, 0) is 14.4 Å². The number of carbonyl (C=O) groups excluding carboxylic acids is 3. The minimum absolute atomic E-state index is 0.0892. The molecule has 0 bridgehead atoms. The number of methoxy groups -OCH3 is 1. The summed E-state index contributed by atoms with van der Waals surface area (Å²) in [5, 5.41) is 4.50. The summed E-state index contributed by atoms with van der Waals surface area (Å²) in [6.07, 6.45) is 1.40. The highest BCUT2D eigenvalue weighted by Crippen LogP contribution is 2.43. The summed E-state index contributed by atoms with van der Waals surface area (Å²) in [5.41, 5.74) is 3.93. The van der Waals surface area contributed by atoms with E-state index < -0.39 is 17.7 Å². The summed E-state index contributed by atoms with van der Waals surface area (Å²) in [6.45, 7) is -0.349. The number of halogens is 3. The van der Waals surface area contributed by atoms with Crippen LogP contribution in [0.5, 0.6) is 11.5 Å². The lowest BCUT2D eigenvalue weighted by molar-refractivity contribution is -0.118. The number of benzene rings is 3. The maximum Gasteiger partial charge on any atom is 0.282 e. The van der Waals surface area contributed by atoms with Crippen molar-refractivity contribution >= 4 is 74.3 Å². The number of amides is 3. The van der Waals surface area contributed by atoms with Crippen molar-refractivity contribution in [3.8, 4) is 11.5 Å². The molecule has 0 aromatic heterocycles. The lowest BCUT2D eigenvalue weighted by Crippen LogP contribution is -2.35. The Morgan fingerprint density at radius 1 is 1.11 bits per heavy atom. The molecule has 1 aliphatic heterocycles. The van der Waals surface area contributed by atoms with Crippen LogP contribution in [0, 0.1) is 0 Å². The molecule has 11 heteroatoms. The van der Waals surface area contributed by atoms with E-state index in [2.05, 4.69) is 26.7 Å². The number of nitrogens with one attached hydrogen (secondary N) is 2. The van der Waals surface area contributed by atoms with Gasteiger partial charge in [0.15, 0.2) is 18.1 Å². The molecule has 0 saturated carbocycles. The standard InChI is InChI=1S/C25H18BrCl2N3O5/c1-35-19-12-14(11-18-24(33)30-31(25(18)34)17-5-3-2-4-6-17)21(26)22(28)23(19)36-13-20(32)29-16-9-7-15(27)8-10-16/h2-12H,13H2,1H3,(H,29,32)(H,30,33)/b18-11-. The minimum Gasteiger partial charge on any atom is -0.493 e. The molecule has 8 nitrogen and oxygen atoms in total. The highest BCUT2D eigenvalue weighted by molar-refractivity contribution is 9.10. The van der Waals surface area contributed by atoms with Crippen molar-refractivity contribution in [1.82, 2.24) is 5.43 Å². The molecule has 184 valence electrons. The molecule has 0 unspecified atom stereocenters. The fourth-order valence-electron chi connectivity index (χ4n) is 3.34. The normalized spacial score (nSPS) is 14.1. The molecule has 3 aromatic rings. The third kappa shape index (κ3) is 5.48. The van der Waals surface area contributed by atoms with E-state index in [9.17, 15) is 14.4 Å². The molecule has 3 amide bonds. The number of anilines is 2. The van der Waals surface area contributed by atoms with E-state index in [4.69, 9.17) is 32.7 Å². The van der Waals surface area contributed by atoms with Gasteiger partial charge in [0.2, 0.25) is 0 Å². The van der Waals surface area contributed by atoms with Crippen molar-refractivity contribution in [2.24, 2.45) is 0 Å². The third-order valence-corrected chi connectivity index (χ3v) is 6.75. The monoisotopic (exact) mass is 589 g/mol. The molecule has 0 aliphatic carbocycles. The van der Waals surface area contributed by atoms with Crippen LogP contribution in [0.4, 0.5) is 11.4 Å². The second-order valence-corrected chi connectivity index (χ2v) is 9.05. The van der Waals surface area contributed by atoms with Gasteiger partial charge in [-0.2, -0.15) is 0 Å². The summed E-state index contributed by atoms with van der Waals surface area (Å²) in [6, 6.07) is 16.9. The molecular formula is C25H18BrCl2N3O5. The van der Waals surface area contributed by atoms with E-state index in [-0.39, 0.29) is 28.7 Å². The van der Waals surface area contributed by atoms with Gasteiger partial charge in [0.1, 0.15) is 10.6 Å². The highest BCUT2D eigenvalue weighted by Gasteiger charge is 2.34. The van der Waals surface area contributed by atoms with Gasteiger partial charge in [-0.25, -0.2) is 5.01 Å². The van der Waals surface area contributed by atoms with Crippen LogP contribution < -0.4 is 25.2 Å². The number of ether oxygens (including phenoxy) is 2. The maximum atomic E-state index is 12.9. The zero-order valence-electron chi connectivity index (χ0n) is 18.7.